The maximum absolute atomic E-state index is 12.2. The van der Waals surface area contributed by atoms with Gasteiger partial charge in [0.15, 0.2) is 0 Å². The molecule has 0 aromatic rings. The van der Waals surface area contributed by atoms with Gasteiger partial charge in [-0.2, -0.15) is 0 Å². The van der Waals surface area contributed by atoms with Crippen molar-refractivity contribution in [1.82, 2.24) is 9.80 Å². The number of carbonyl (C=O) groups excluding carboxylic acids is 2. The third kappa shape index (κ3) is 3.30. The molecule has 114 valence electrons. The largest absolute Gasteiger partial charge is 0.368 e. The van der Waals surface area contributed by atoms with Crippen LogP contribution in [0, 0.1) is 5.92 Å². The van der Waals surface area contributed by atoms with E-state index in [9.17, 15) is 9.59 Å². The van der Waals surface area contributed by atoms with Gasteiger partial charge in [-0.3, -0.25) is 9.59 Å². The second kappa shape index (κ2) is 6.54. The summed E-state index contributed by atoms with van der Waals surface area (Å²) >= 11 is 0. The Morgan fingerprint density at radius 1 is 1.15 bits per heavy atom. The standard InChI is InChI=1S/C14H25N3O3/c1-10(11(2)15)13(18)16-5-7-17(8-6-16)14(19)12-4-3-9-20-12/h10-12H,3-9,15H2,1-2H3. The van der Waals surface area contributed by atoms with Crippen molar-refractivity contribution in [2.75, 3.05) is 32.8 Å². The van der Waals surface area contributed by atoms with Crippen molar-refractivity contribution >= 4 is 11.8 Å². The molecule has 2 heterocycles. The Morgan fingerprint density at radius 2 is 1.75 bits per heavy atom. The first-order valence-corrected chi connectivity index (χ1v) is 7.45. The quantitative estimate of drug-likeness (QED) is 0.779. The molecule has 0 bridgehead atoms. The van der Waals surface area contributed by atoms with Crippen molar-refractivity contribution in [1.29, 1.82) is 0 Å². The molecule has 2 rings (SSSR count). The monoisotopic (exact) mass is 283 g/mol. The number of amides is 2. The highest BCUT2D eigenvalue weighted by Crippen LogP contribution is 2.16. The molecule has 0 aromatic carbocycles. The van der Waals surface area contributed by atoms with Crippen molar-refractivity contribution in [3.05, 3.63) is 0 Å². The number of piperazine rings is 1. The normalized spacial score (nSPS) is 26.4. The van der Waals surface area contributed by atoms with Gasteiger partial charge in [0.1, 0.15) is 6.10 Å². The zero-order chi connectivity index (χ0) is 14.7. The zero-order valence-electron chi connectivity index (χ0n) is 12.4. The Bertz CT molecular complexity index is 337. The second-order valence-electron chi connectivity index (χ2n) is 5.80. The Kier molecular flexibility index (Phi) is 4.99. The summed E-state index contributed by atoms with van der Waals surface area (Å²) < 4.78 is 5.42. The van der Waals surface area contributed by atoms with Gasteiger partial charge in [0.25, 0.3) is 5.91 Å². The Hall–Kier alpha value is -1.14. The van der Waals surface area contributed by atoms with Crippen molar-refractivity contribution in [2.45, 2.75) is 38.8 Å². The number of hydrogen-bond donors (Lipinski definition) is 1. The summed E-state index contributed by atoms with van der Waals surface area (Å²) in [5.74, 6) is -0.00512. The van der Waals surface area contributed by atoms with Crippen LogP contribution in [-0.4, -0.2) is 66.5 Å². The van der Waals surface area contributed by atoms with Gasteiger partial charge in [0.2, 0.25) is 5.91 Å². The van der Waals surface area contributed by atoms with Crippen molar-refractivity contribution in [3.8, 4) is 0 Å². The lowest BCUT2D eigenvalue weighted by atomic mass is 10.0. The van der Waals surface area contributed by atoms with Crippen LogP contribution in [0.2, 0.25) is 0 Å². The van der Waals surface area contributed by atoms with Crippen LogP contribution >= 0.6 is 0 Å². The first-order valence-electron chi connectivity index (χ1n) is 7.45. The van der Waals surface area contributed by atoms with Gasteiger partial charge in [-0.05, 0) is 19.8 Å². The molecule has 0 spiro atoms. The van der Waals surface area contributed by atoms with Gasteiger partial charge in [0, 0.05) is 38.8 Å². The Labute approximate surface area is 120 Å². The van der Waals surface area contributed by atoms with Crippen LogP contribution in [0.25, 0.3) is 0 Å². The van der Waals surface area contributed by atoms with Gasteiger partial charge < -0.3 is 20.3 Å². The fourth-order valence-corrected chi connectivity index (χ4v) is 2.64. The van der Waals surface area contributed by atoms with E-state index in [0.717, 1.165) is 12.8 Å². The van der Waals surface area contributed by atoms with Crippen LogP contribution in [0.3, 0.4) is 0 Å². The molecule has 0 radical (unpaired) electrons. The number of ether oxygens (including phenoxy) is 1. The first-order chi connectivity index (χ1) is 9.50. The van der Waals surface area contributed by atoms with Gasteiger partial charge in [-0.15, -0.1) is 0 Å². The fourth-order valence-electron chi connectivity index (χ4n) is 2.64. The molecule has 2 aliphatic rings. The number of carbonyl (C=O) groups is 2. The third-order valence-electron chi connectivity index (χ3n) is 4.29. The molecule has 6 heteroatoms. The average molecular weight is 283 g/mol. The Balaban J connectivity index is 1.83. The van der Waals surface area contributed by atoms with E-state index >= 15 is 0 Å². The lowest BCUT2D eigenvalue weighted by molar-refractivity contribution is -0.147. The molecule has 2 N–H and O–H groups in total. The van der Waals surface area contributed by atoms with Crippen molar-refractivity contribution in [3.63, 3.8) is 0 Å². The van der Waals surface area contributed by atoms with Crippen LogP contribution in [-0.2, 0) is 14.3 Å². The van der Waals surface area contributed by atoms with E-state index in [-0.39, 0.29) is 29.9 Å². The van der Waals surface area contributed by atoms with Crippen LogP contribution in [0.4, 0.5) is 0 Å². The fraction of sp³-hybridized carbons (Fsp3) is 0.857. The summed E-state index contributed by atoms with van der Waals surface area (Å²) in [7, 11) is 0. The van der Waals surface area contributed by atoms with Gasteiger partial charge >= 0.3 is 0 Å². The molecule has 0 saturated carbocycles. The SMILES string of the molecule is CC(N)C(C)C(=O)N1CCN(C(=O)C2CCCO2)CC1. The smallest absolute Gasteiger partial charge is 0.251 e. The Morgan fingerprint density at radius 3 is 2.25 bits per heavy atom. The lowest BCUT2D eigenvalue weighted by Crippen LogP contribution is -2.54. The first kappa shape index (κ1) is 15.3. The average Bonchev–Trinajstić information content (AvgIpc) is 2.99. The van der Waals surface area contributed by atoms with E-state index < -0.39 is 0 Å². The molecule has 2 saturated heterocycles. The topological polar surface area (TPSA) is 75.9 Å². The van der Waals surface area contributed by atoms with Crippen molar-refractivity contribution in [2.24, 2.45) is 11.7 Å². The van der Waals surface area contributed by atoms with E-state index in [1.165, 1.54) is 0 Å². The van der Waals surface area contributed by atoms with Crippen LogP contribution in [0.15, 0.2) is 0 Å². The predicted octanol–water partition coefficient (Wildman–Crippen LogP) is -0.180. The molecule has 2 amide bonds. The molecular weight excluding hydrogens is 258 g/mol. The van der Waals surface area contributed by atoms with E-state index in [2.05, 4.69) is 0 Å². The highest BCUT2D eigenvalue weighted by molar-refractivity contribution is 5.82. The third-order valence-corrected chi connectivity index (χ3v) is 4.29. The number of hydrogen-bond acceptors (Lipinski definition) is 4. The lowest BCUT2D eigenvalue weighted by Gasteiger charge is -2.37. The van der Waals surface area contributed by atoms with Crippen molar-refractivity contribution < 1.29 is 14.3 Å². The van der Waals surface area contributed by atoms with Crippen LogP contribution in [0.5, 0.6) is 0 Å². The summed E-state index contributed by atoms with van der Waals surface area (Å²) in [6.07, 6.45) is 1.51. The van der Waals surface area contributed by atoms with Gasteiger partial charge in [-0.25, -0.2) is 0 Å². The molecule has 2 fully saturated rings. The molecule has 2 aliphatic heterocycles. The van der Waals surface area contributed by atoms with Gasteiger partial charge in [-0.1, -0.05) is 6.92 Å². The maximum Gasteiger partial charge on any atom is 0.251 e. The van der Waals surface area contributed by atoms with E-state index in [0.29, 0.717) is 32.8 Å². The molecule has 0 aliphatic carbocycles. The predicted molar refractivity (Wildman–Crippen MR) is 74.9 cm³/mol. The highest BCUT2D eigenvalue weighted by atomic mass is 16.5. The summed E-state index contributed by atoms with van der Waals surface area (Å²) in [5, 5.41) is 0. The summed E-state index contributed by atoms with van der Waals surface area (Å²) in [5.41, 5.74) is 5.77. The summed E-state index contributed by atoms with van der Waals surface area (Å²) in [6.45, 7) is 6.76. The molecule has 3 unspecified atom stereocenters. The molecule has 20 heavy (non-hydrogen) atoms. The minimum Gasteiger partial charge on any atom is -0.368 e. The minimum absolute atomic E-state index is 0.0786. The number of rotatable bonds is 3. The van der Waals surface area contributed by atoms with Crippen LogP contribution < -0.4 is 5.73 Å². The maximum atomic E-state index is 12.2. The molecular formula is C14H25N3O3. The van der Waals surface area contributed by atoms with Gasteiger partial charge in [0.05, 0.1) is 5.92 Å². The van der Waals surface area contributed by atoms with E-state index in [4.69, 9.17) is 10.5 Å². The highest BCUT2D eigenvalue weighted by Gasteiger charge is 2.32. The molecule has 3 atom stereocenters. The number of nitrogens with zero attached hydrogens (tertiary/aromatic N) is 2. The summed E-state index contributed by atoms with van der Waals surface area (Å²) in [6, 6.07) is -0.144. The number of nitrogens with two attached hydrogens (primary N) is 1. The molecule has 0 aromatic heterocycles. The van der Waals surface area contributed by atoms with Crippen LogP contribution in [0.1, 0.15) is 26.7 Å². The second-order valence-corrected chi connectivity index (χ2v) is 5.80. The zero-order valence-corrected chi connectivity index (χ0v) is 12.4. The van der Waals surface area contributed by atoms with E-state index in [1.807, 2.05) is 23.6 Å². The minimum atomic E-state index is -0.264. The summed E-state index contributed by atoms with van der Waals surface area (Å²) in [4.78, 5) is 28.0. The van der Waals surface area contributed by atoms with E-state index in [1.54, 1.807) is 0 Å². The molecule has 6 nitrogen and oxygen atoms in total.